The Morgan fingerprint density at radius 3 is 2.47 bits per heavy atom. The van der Waals surface area contributed by atoms with Crippen molar-refractivity contribution in [2.45, 2.75) is 26.7 Å². The van der Waals surface area contributed by atoms with E-state index in [2.05, 4.69) is 81.4 Å². The Balaban J connectivity index is 1.82. The summed E-state index contributed by atoms with van der Waals surface area (Å²) in [7, 11) is 0. The molecule has 0 N–H and O–H groups in total. The second kappa shape index (κ2) is 6.63. The number of nitrogens with zero attached hydrogens (tertiary/aromatic N) is 1. The molecule has 0 atom stereocenters. The van der Waals surface area contributed by atoms with Crippen LogP contribution in [0.4, 0.5) is 0 Å². The van der Waals surface area contributed by atoms with E-state index in [-0.39, 0.29) is 0 Å². The van der Waals surface area contributed by atoms with Crippen LogP contribution >= 0.6 is 22.7 Å². The van der Waals surface area contributed by atoms with Crippen LogP contribution in [-0.2, 0) is 0 Å². The van der Waals surface area contributed by atoms with Gasteiger partial charge in [0.05, 0.1) is 5.69 Å². The van der Waals surface area contributed by atoms with Crippen molar-refractivity contribution < 1.29 is 0 Å². The Kier molecular flexibility index (Phi) is 3.99. The zero-order valence-corrected chi connectivity index (χ0v) is 18.8. The summed E-state index contributed by atoms with van der Waals surface area (Å²) in [6.45, 7) is 6.66. The van der Waals surface area contributed by atoms with Crippen molar-refractivity contribution in [1.82, 2.24) is 4.98 Å². The summed E-state index contributed by atoms with van der Waals surface area (Å²) in [6.07, 6.45) is 1.96. The van der Waals surface area contributed by atoms with Gasteiger partial charge >= 0.3 is 0 Å². The fourth-order valence-electron chi connectivity index (χ4n) is 4.41. The van der Waals surface area contributed by atoms with E-state index >= 15 is 0 Å². The number of fused-ring (bicyclic) bond motifs is 7. The maximum atomic E-state index is 4.80. The summed E-state index contributed by atoms with van der Waals surface area (Å²) in [5.41, 5.74) is 4.97. The highest BCUT2D eigenvalue weighted by molar-refractivity contribution is 7.28. The van der Waals surface area contributed by atoms with Gasteiger partial charge in [-0.25, -0.2) is 0 Å². The molecule has 6 aromatic rings. The molecule has 146 valence electrons. The third-order valence-electron chi connectivity index (χ3n) is 5.96. The fourth-order valence-corrected chi connectivity index (χ4v) is 6.89. The molecule has 0 aliphatic rings. The first-order valence-electron chi connectivity index (χ1n) is 10.3. The third-order valence-corrected chi connectivity index (χ3v) is 8.27. The predicted molar refractivity (Wildman–Crippen MR) is 134 cm³/mol. The molecule has 0 unspecified atom stereocenters. The van der Waals surface area contributed by atoms with Crippen molar-refractivity contribution in [3.63, 3.8) is 0 Å². The number of pyridine rings is 1. The smallest absolute Gasteiger partial charge is 0.0719 e. The molecular weight excluding hydrogens is 402 g/mol. The molecule has 3 aromatic carbocycles. The zero-order chi connectivity index (χ0) is 20.4. The van der Waals surface area contributed by atoms with Crippen LogP contribution in [0, 0.1) is 6.92 Å². The van der Waals surface area contributed by atoms with Crippen LogP contribution in [0.3, 0.4) is 0 Å². The van der Waals surface area contributed by atoms with Crippen LogP contribution < -0.4 is 0 Å². The van der Waals surface area contributed by atoms with Crippen LogP contribution in [0.2, 0.25) is 0 Å². The summed E-state index contributed by atoms with van der Waals surface area (Å²) in [4.78, 5) is 4.80. The van der Waals surface area contributed by atoms with Crippen molar-refractivity contribution in [3.8, 4) is 11.3 Å². The lowest BCUT2D eigenvalue weighted by Gasteiger charge is -2.09. The number of hydrogen-bond donors (Lipinski definition) is 0. The maximum Gasteiger partial charge on any atom is 0.0719 e. The molecule has 0 amide bonds. The Bertz CT molecular complexity index is 1580. The molecule has 0 fully saturated rings. The maximum absolute atomic E-state index is 4.80. The normalized spacial score (nSPS) is 12.1. The summed E-state index contributed by atoms with van der Waals surface area (Å²) >= 11 is 3.79. The first kappa shape index (κ1) is 18.1. The van der Waals surface area contributed by atoms with Gasteiger partial charge in [-0.2, -0.15) is 0 Å². The number of aromatic nitrogens is 1. The molecule has 30 heavy (non-hydrogen) atoms. The lowest BCUT2D eigenvalue weighted by molar-refractivity contribution is 0.864. The molecule has 0 aliphatic heterocycles. The number of rotatable bonds is 2. The van der Waals surface area contributed by atoms with Crippen LogP contribution in [0.25, 0.3) is 51.6 Å². The molecule has 0 saturated carbocycles. The summed E-state index contributed by atoms with van der Waals surface area (Å²) < 4.78 is 5.39. The van der Waals surface area contributed by atoms with Crippen LogP contribution in [0.1, 0.15) is 30.9 Å². The van der Waals surface area contributed by atoms with Crippen LogP contribution in [0.5, 0.6) is 0 Å². The van der Waals surface area contributed by atoms with Gasteiger partial charge in [0, 0.05) is 52.1 Å². The van der Waals surface area contributed by atoms with Crippen molar-refractivity contribution >= 4 is 63.0 Å². The van der Waals surface area contributed by atoms with Gasteiger partial charge in [0.2, 0.25) is 0 Å². The number of hydrogen-bond acceptors (Lipinski definition) is 3. The fraction of sp³-hybridized carbons (Fsp3) is 0.148. The van der Waals surface area contributed by atoms with Crippen molar-refractivity contribution in [2.75, 3.05) is 0 Å². The number of thiophene rings is 2. The number of benzene rings is 3. The predicted octanol–water partition coefficient (Wildman–Crippen LogP) is 8.92. The molecule has 0 bridgehead atoms. The molecule has 0 aliphatic carbocycles. The molecule has 0 saturated heterocycles. The van der Waals surface area contributed by atoms with E-state index < -0.39 is 0 Å². The second-order valence-electron chi connectivity index (χ2n) is 8.33. The van der Waals surface area contributed by atoms with E-state index in [1.54, 1.807) is 0 Å². The van der Waals surface area contributed by atoms with E-state index in [0.717, 1.165) is 5.69 Å². The molecule has 3 heterocycles. The lowest BCUT2D eigenvalue weighted by Crippen LogP contribution is -1.91. The highest BCUT2D eigenvalue weighted by atomic mass is 32.1. The molecule has 1 nitrogen and oxygen atoms in total. The average Bonchev–Trinajstić information content (AvgIpc) is 3.30. The van der Waals surface area contributed by atoms with Gasteiger partial charge in [-0.05, 0) is 54.3 Å². The largest absolute Gasteiger partial charge is 0.256 e. The third kappa shape index (κ3) is 2.62. The summed E-state index contributed by atoms with van der Waals surface area (Å²) in [5.74, 6) is 0.486. The van der Waals surface area contributed by atoms with Gasteiger partial charge in [-0.15, -0.1) is 22.7 Å². The monoisotopic (exact) mass is 423 g/mol. The topological polar surface area (TPSA) is 12.9 Å². The summed E-state index contributed by atoms with van der Waals surface area (Å²) in [6, 6.07) is 22.4. The van der Waals surface area contributed by atoms with E-state index in [9.17, 15) is 0 Å². The van der Waals surface area contributed by atoms with Gasteiger partial charge in [0.15, 0.2) is 0 Å². The minimum atomic E-state index is 0.486. The van der Waals surface area contributed by atoms with Crippen LogP contribution in [-0.4, -0.2) is 4.98 Å². The first-order chi connectivity index (χ1) is 14.6. The molecular formula is C27H21NS2. The van der Waals surface area contributed by atoms with E-state index in [1.807, 2.05) is 28.9 Å². The molecule has 0 radical (unpaired) electrons. The second-order valence-corrected chi connectivity index (χ2v) is 10.5. The van der Waals surface area contributed by atoms with E-state index in [0.29, 0.717) is 5.92 Å². The van der Waals surface area contributed by atoms with E-state index in [4.69, 9.17) is 4.98 Å². The minimum Gasteiger partial charge on any atom is -0.256 e. The minimum absolute atomic E-state index is 0.486. The van der Waals surface area contributed by atoms with Crippen molar-refractivity contribution in [1.29, 1.82) is 0 Å². The number of aryl methyl sites for hydroxylation is 1. The van der Waals surface area contributed by atoms with Gasteiger partial charge in [0.25, 0.3) is 0 Å². The van der Waals surface area contributed by atoms with E-state index in [1.165, 1.54) is 57.0 Å². The lowest BCUT2D eigenvalue weighted by atomic mass is 9.98. The average molecular weight is 424 g/mol. The summed E-state index contributed by atoms with van der Waals surface area (Å²) in [5, 5.41) is 5.50. The standard InChI is InChI=1S/C27H21NS2/c1-15(2)17-10-11-28-21(13-17)20-14-24-25(18-6-4-5-7-22(18)29-24)26-19-9-8-16(3)12-23(19)30-27(20)26/h4-15H,1-3H3. The Morgan fingerprint density at radius 2 is 1.60 bits per heavy atom. The van der Waals surface area contributed by atoms with Gasteiger partial charge in [-0.1, -0.05) is 44.2 Å². The quantitative estimate of drug-likeness (QED) is 0.271. The Morgan fingerprint density at radius 1 is 0.767 bits per heavy atom. The Labute approximate surface area is 183 Å². The Hall–Kier alpha value is -2.75. The highest BCUT2D eigenvalue weighted by Crippen LogP contribution is 2.48. The van der Waals surface area contributed by atoms with Gasteiger partial charge in [-0.3, -0.25) is 4.98 Å². The SMILES string of the molecule is Cc1ccc2c(c1)sc1c(-c3cc(C(C)C)ccn3)cc3sc4ccccc4c3c12. The van der Waals surface area contributed by atoms with Gasteiger partial charge < -0.3 is 0 Å². The zero-order valence-electron chi connectivity index (χ0n) is 17.2. The van der Waals surface area contributed by atoms with Crippen molar-refractivity contribution in [3.05, 3.63) is 78.0 Å². The van der Waals surface area contributed by atoms with Crippen molar-refractivity contribution in [2.24, 2.45) is 0 Å². The molecule has 6 rings (SSSR count). The molecule has 3 aromatic heterocycles. The molecule has 0 spiro atoms. The highest BCUT2D eigenvalue weighted by Gasteiger charge is 2.19. The van der Waals surface area contributed by atoms with Crippen LogP contribution in [0.15, 0.2) is 66.9 Å². The van der Waals surface area contributed by atoms with Gasteiger partial charge in [0.1, 0.15) is 0 Å². The first-order valence-corrected chi connectivity index (χ1v) is 12.0. The molecule has 3 heteroatoms.